The first-order valence-corrected chi connectivity index (χ1v) is 14.5. The molecule has 0 spiro atoms. The highest BCUT2D eigenvalue weighted by atomic mass is 35.5. The van der Waals surface area contributed by atoms with Crippen molar-refractivity contribution in [2.75, 3.05) is 17.7 Å². The van der Waals surface area contributed by atoms with Crippen molar-refractivity contribution in [2.45, 2.75) is 24.0 Å². The van der Waals surface area contributed by atoms with Gasteiger partial charge in [-0.1, -0.05) is 41.9 Å². The maximum atomic E-state index is 13.5. The summed E-state index contributed by atoms with van der Waals surface area (Å²) in [6.45, 7) is 3.63. The van der Waals surface area contributed by atoms with E-state index in [4.69, 9.17) is 16.3 Å². The van der Waals surface area contributed by atoms with Crippen LogP contribution in [0.4, 0.5) is 11.4 Å². The van der Waals surface area contributed by atoms with E-state index in [0.29, 0.717) is 33.3 Å². The highest BCUT2D eigenvalue weighted by Gasteiger charge is 2.19. The van der Waals surface area contributed by atoms with Gasteiger partial charge in [0.25, 0.3) is 11.8 Å². The van der Waals surface area contributed by atoms with Gasteiger partial charge in [-0.25, -0.2) is 0 Å². The first-order chi connectivity index (χ1) is 20.6. The molecular weight excluding hydrogens is 586 g/mol. The lowest BCUT2D eigenvalue weighted by atomic mass is 10.1. The Labute approximate surface area is 259 Å². The van der Waals surface area contributed by atoms with E-state index in [1.807, 2.05) is 13.0 Å². The van der Waals surface area contributed by atoms with Crippen molar-refractivity contribution in [3.05, 3.63) is 118 Å². The zero-order chi connectivity index (χ0) is 30.9. The number of amides is 3. The highest BCUT2D eigenvalue weighted by molar-refractivity contribution is 8.00. The summed E-state index contributed by atoms with van der Waals surface area (Å²) in [6, 6.07) is 25.3. The smallest absolute Gasteiger partial charge is 0.272 e. The van der Waals surface area contributed by atoms with E-state index >= 15 is 0 Å². The fourth-order valence-electron chi connectivity index (χ4n) is 4.00. The van der Waals surface area contributed by atoms with Crippen LogP contribution in [-0.2, 0) is 9.59 Å². The van der Waals surface area contributed by atoms with Gasteiger partial charge in [0.15, 0.2) is 0 Å². The maximum Gasteiger partial charge on any atom is 0.272 e. The third kappa shape index (κ3) is 8.41. The van der Waals surface area contributed by atoms with Crippen molar-refractivity contribution >= 4 is 58.5 Å². The third-order valence-corrected chi connectivity index (χ3v) is 7.85. The molecule has 0 aliphatic carbocycles. The lowest BCUT2D eigenvalue weighted by Gasteiger charge is -2.15. The van der Waals surface area contributed by atoms with E-state index in [1.54, 1.807) is 79.7 Å². The Balaban J connectivity index is 1.52. The van der Waals surface area contributed by atoms with Gasteiger partial charge in [0.2, 0.25) is 5.91 Å². The molecule has 0 radical (unpaired) electrons. The largest absolute Gasteiger partial charge is 0.508 e. The van der Waals surface area contributed by atoms with Crippen LogP contribution >= 0.6 is 23.4 Å². The fraction of sp³-hybridized carbons (Fsp3) is 0.121. The zero-order valence-corrected chi connectivity index (χ0v) is 25.3. The molecule has 0 aliphatic heterocycles. The van der Waals surface area contributed by atoms with Gasteiger partial charge in [0.1, 0.15) is 17.2 Å². The second kappa shape index (κ2) is 14.4. The predicted octanol–water partition coefficient (Wildman–Crippen LogP) is 6.89. The van der Waals surface area contributed by atoms with Gasteiger partial charge in [-0.15, -0.1) is 11.8 Å². The number of hydrogen-bond donors (Lipinski definition) is 4. The van der Waals surface area contributed by atoms with Gasteiger partial charge in [-0.05, 0) is 80.1 Å². The molecular formula is C33H30ClN3O5S. The first kappa shape index (κ1) is 31.2. The maximum absolute atomic E-state index is 13.5. The van der Waals surface area contributed by atoms with E-state index in [-0.39, 0.29) is 17.4 Å². The molecule has 0 aromatic heterocycles. The van der Waals surface area contributed by atoms with E-state index in [2.05, 4.69) is 16.0 Å². The SMILES string of the molecule is COc1cc(O)ccc1/C=C(/NC(=O)c1ccccc1)C(=O)Nc1cccc(SC(C)C(=O)Nc2cccc(Cl)c2C)c1. The van der Waals surface area contributed by atoms with E-state index in [9.17, 15) is 19.5 Å². The van der Waals surface area contributed by atoms with Crippen LogP contribution in [0.5, 0.6) is 11.5 Å². The second-order valence-electron chi connectivity index (χ2n) is 9.45. The number of halogens is 1. The number of nitrogens with one attached hydrogen (secondary N) is 3. The van der Waals surface area contributed by atoms with Crippen LogP contribution in [0.2, 0.25) is 5.02 Å². The summed E-state index contributed by atoms with van der Waals surface area (Å²) in [4.78, 5) is 40.1. The Kier molecular flexibility index (Phi) is 10.5. The Hall–Kier alpha value is -4.73. The van der Waals surface area contributed by atoms with Gasteiger partial charge >= 0.3 is 0 Å². The van der Waals surface area contributed by atoms with Crippen LogP contribution in [0.1, 0.15) is 28.4 Å². The number of benzene rings is 4. The molecule has 8 nitrogen and oxygen atoms in total. The average Bonchev–Trinajstić information content (AvgIpc) is 3.00. The normalized spacial score (nSPS) is 11.8. The molecule has 1 unspecified atom stereocenters. The van der Waals surface area contributed by atoms with Crippen molar-refractivity contribution in [1.29, 1.82) is 0 Å². The molecule has 0 aliphatic rings. The molecule has 0 saturated carbocycles. The molecule has 0 saturated heterocycles. The fourth-order valence-corrected chi connectivity index (χ4v) is 5.10. The minimum absolute atomic E-state index is 0.00625. The van der Waals surface area contributed by atoms with Crippen LogP contribution in [-0.4, -0.2) is 35.2 Å². The van der Waals surface area contributed by atoms with Gasteiger partial charge in [-0.2, -0.15) is 0 Å². The summed E-state index contributed by atoms with van der Waals surface area (Å²) in [7, 11) is 1.44. The van der Waals surface area contributed by atoms with Crippen molar-refractivity contribution in [3.63, 3.8) is 0 Å². The van der Waals surface area contributed by atoms with Gasteiger partial charge in [0.05, 0.1) is 12.4 Å². The van der Waals surface area contributed by atoms with E-state index < -0.39 is 17.1 Å². The number of phenolic OH excluding ortho intramolecular Hbond substituents is 1. The number of thioether (sulfide) groups is 1. The number of methoxy groups -OCH3 is 1. The summed E-state index contributed by atoms with van der Waals surface area (Å²) in [5.41, 5.74) is 2.70. The summed E-state index contributed by atoms with van der Waals surface area (Å²) >= 11 is 7.51. The summed E-state index contributed by atoms with van der Waals surface area (Å²) < 4.78 is 5.35. The highest BCUT2D eigenvalue weighted by Crippen LogP contribution is 2.29. The lowest BCUT2D eigenvalue weighted by Crippen LogP contribution is -2.30. The number of ether oxygens (including phenoxy) is 1. The molecule has 0 bridgehead atoms. The molecule has 3 amide bonds. The number of hydrogen-bond acceptors (Lipinski definition) is 6. The van der Waals surface area contributed by atoms with E-state index in [0.717, 1.165) is 10.5 Å². The topological polar surface area (TPSA) is 117 Å². The zero-order valence-electron chi connectivity index (χ0n) is 23.7. The average molecular weight is 616 g/mol. The molecule has 220 valence electrons. The van der Waals surface area contributed by atoms with Crippen LogP contribution in [0.3, 0.4) is 0 Å². The van der Waals surface area contributed by atoms with Crippen LogP contribution in [0, 0.1) is 6.92 Å². The summed E-state index contributed by atoms with van der Waals surface area (Å²) in [5.74, 6) is -0.935. The van der Waals surface area contributed by atoms with Crippen LogP contribution in [0.15, 0.2) is 102 Å². The molecule has 1 atom stereocenters. The number of rotatable bonds is 10. The monoisotopic (exact) mass is 615 g/mol. The standard InChI is InChI=1S/C33H30ClN3O5S/c1-20-27(34)13-8-14-28(20)36-31(39)21(2)43-26-12-7-11-24(18-26)35-33(41)29(37-32(40)22-9-5-4-6-10-22)17-23-15-16-25(38)19-30(23)42-3/h4-19,21,38H,1-3H3,(H,35,41)(H,36,39)(H,37,40)/b29-17+. The van der Waals surface area contributed by atoms with Crippen LogP contribution < -0.4 is 20.7 Å². The quantitative estimate of drug-likeness (QED) is 0.114. The predicted molar refractivity (Wildman–Crippen MR) is 172 cm³/mol. The summed E-state index contributed by atoms with van der Waals surface area (Å²) in [5, 5.41) is 18.4. The number of anilines is 2. The lowest BCUT2D eigenvalue weighted by molar-refractivity contribution is -0.115. The molecule has 0 heterocycles. The van der Waals surface area contributed by atoms with Gasteiger partial charge in [-0.3, -0.25) is 14.4 Å². The Morgan fingerprint density at radius 1 is 0.930 bits per heavy atom. The number of carbonyl (C=O) groups is 3. The Morgan fingerprint density at radius 3 is 2.42 bits per heavy atom. The third-order valence-electron chi connectivity index (χ3n) is 6.35. The second-order valence-corrected chi connectivity index (χ2v) is 11.3. The Bertz CT molecular complexity index is 1680. The molecule has 4 aromatic rings. The number of phenols is 1. The molecule has 4 aromatic carbocycles. The molecule has 4 N–H and O–H groups in total. The summed E-state index contributed by atoms with van der Waals surface area (Å²) in [6.07, 6.45) is 1.47. The Morgan fingerprint density at radius 2 is 1.67 bits per heavy atom. The number of aromatic hydroxyl groups is 1. The molecule has 10 heteroatoms. The van der Waals surface area contributed by atoms with Gasteiger partial charge < -0.3 is 25.8 Å². The molecule has 4 rings (SSSR count). The minimum Gasteiger partial charge on any atom is -0.508 e. The number of carbonyl (C=O) groups excluding carboxylic acids is 3. The van der Waals surface area contributed by atoms with Crippen molar-refractivity contribution in [3.8, 4) is 11.5 Å². The van der Waals surface area contributed by atoms with E-state index in [1.165, 1.54) is 37.1 Å². The van der Waals surface area contributed by atoms with Crippen molar-refractivity contribution in [2.24, 2.45) is 0 Å². The van der Waals surface area contributed by atoms with Crippen molar-refractivity contribution < 1.29 is 24.2 Å². The van der Waals surface area contributed by atoms with Gasteiger partial charge in [0, 0.05) is 38.5 Å². The molecule has 0 fully saturated rings. The molecule has 43 heavy (non-hydrogen) atoms. The minimum atomic E-state index is -0.580. The first-order valence-electron chi connectivity index (χ1n) is 13.2. The van der Waals surface area contributed by atoms with Crippen LogP contribution in [0.25, 0.3) is 6.08 Å². The van der Waals surface area contributed by atoms with Crippen molar-refractivity contribution in [1.82, 2.24) is 5.32 Å².